The lowest BCUT2D eigenvalue weighted by Crippen LogP contribution is -2.08. The van der Waals surface area contributed by atoms with E-state index in [1.807, 2.05) is 18.2 Å². The average Bonchev–Trinajstić information content (AvgIpc) is 2.66. The van der Waals surface area contributed by atoms with E-state index in [1.165, 1.54) is 0 Å². The van der Waals surface area contributed by atoms with Gasteiger partial charge in [-0.15, -0.1) is 0 Å². The normalized spacial score (nSPS) is 12.6. The molecule has 0 aliphatic rings. The van der Waals surface area contributed by atoms with Crippen molar-refractivity contribution in [3.63, 3.8) is 0 Å². The zero-order valence-electron chi connectivity index (χ0n) is 10.3. The zero-order chi connectivity index (χ0) is 13.1. The van der Waals surface area contributed by atoms with Crippen molar-refractivity contribution in [2.24, 2.45) is 0 Å². The van der Waals surface area contributed by atoms with Crippen LogP contribution in [0.3, 0.4) is 0 Å². The fourth-order valence-electron chi connectivity index (χ4n) is 1.85. The number of rotatable bonds is 4. The number of esters is 1. The van der Waals surface area contributed by atoms with E-state index in [4.69, 9.17) is 9.15 Å². The summed E-state index contributed by atoms with van der Waals surface area (Å²) in [6, 6.07) is 7.31. The molecule has 0 N–H and O–H groups in total. The maximum absolute atomic E-state index is 11.8. The summed E-state index contributed by atoms with van der Waals surface area (Å²) in [5, 5.41) is 0.789. The second-order valence-corrected chi connectivity index (χ2v) is 5.10. The van der Waals surface area contributed by atoms with Crippen molar-refractivity contribution in [3.8, 4) is 0 Å². The quantitative estimate of drug-likeness (QED) is 0.797. The van der Waals surface area contributed by atoms with Crippen LogP contribution in [0.5, 0.6) is 0 Å². The fourth-order valence-corrected chi connectivity index (χ4v) is 2.76. The predicted molar refractivity (Wildman–Crippen MR) is 68.9 cm³/mol. The molecule has 1 unspecified atom stereocenters. The molecule has 1 atom stereocenters. The summed E-state index contributed by atoms with van der Waals surface area (Å²) in [5.41, 5.74) is 0.641. The van der Waals surface area contributed by atoms with Crippen molar-refractivity contribution in [1.29, 1.82) is 0 Å². The third kappa shape index (κ3) is 2.46. The Morgan fingerprint density at radius 2 is 2.11 bits per heavy atom. The first-order valence-corrected chi connectivity index (χ1v) is 7.18. The first kappa shape index (κ1) is 12.8. The van der Waals surface area contributed by atoms with E-state index in [0.717, 1.165) is 5.39 Å². The van der Waals surface area contributed by atoms with Crippen molar-refractivity contribution >= 4 is 27.7 Å². The highest BCUT2D eigenvalue weighted by Gasteiger charge is 2.19. The van der Waals surface area contributed by atoms with Gasteiger partial charge >= 0.3 is 5.97 Å². The molecule has 1 heterocycles. The van der Waals surface area contributed by atoms with Crippen LogP contribution < -0.4 is 0 Å². The minimum absolute atomic E-state index is 0.0113. The van der Waals surface area contributed by atoms with Crippen LogP contribution in [0.15, 0.2) is 33.6 Å². The summed E-state index contributed by atoms with van der Waals surface area (Å²) in [5.74, 6) is 0.0544. The van der Waals surface area contributed by atoms with Crippen LogP contribution in [0.1, 0.15) is 12.7 Å². The molecule has 0 amide bonds. The number of carbonyl (C=O) groups is 1. The van der Waals surface area contributed by atoms with Gasteiger partial charge in [0.2, 0.25) is 0 Å². The van der Waals surface area contributed by atoms with Crippen LogP contribution in [0.25, 0.3) is 11.0 Å². The Labute approximate surface area is 107 Å². The van der Waals surface area contributed by atoms with E-state index >= 15 is 0 Å². The van der Waals surface area contributed by atoms with E-state index in [0.29, 0.717) is 22.8 Å². The molecule has 0 saturated carbocycles. The van der Waals surface area contributed by atoms with E-state index in [-0.39, 0.29) is 12.4 Å². The molecule has 1 aromatic carbocycles. The monoisotopic (exact) mass is 266 g/mol. The molecule has 96 valence electrons. The maximum Gasteiger partial charge on any atom is 0.313 e. The Kier molecular flexibility index (Phi) is 3.81. The second-order valence-electron chi connectivity index (χ2n) is 3.79. The van der Waals surface area contributed by atoms with Gasteiger partial charge in [-0.3, -0.25) is 9.00 Å². The predicted octanol–water partition coefficient (Wildman–Crippen LogP) is 2.28. The maximum atomic E-state index is 11.8. The number of carbonyl (C=O) groups excluding carboxylic acids is 1. The lowest BCUT2D eigenvalue weighted by molar-refractivity contribution is -0.142. The third-order valence-electron chi connectivity index (χ3n) is 2.52. The Hall–Kier alpha value is -1.62. The summed E-state index contributed by atoms with van der Waals surface area (Å²) in [6.07, 6.45) is 1.59. The number of hydrogen-bond donors (Lipinski definition) is 0. The van der Waals surface area contributed by atoms with Crippen LogP contribution >= 0.6 is 0 Å². The van der Waals surface area contributed by atoms with Gasteiger partial charge in [0.25, 0.3) is 0 Å². The molecule has 0 bridgehead atoms. The van der Waals surface area contributed by atoms with Crippen molar-refractivity contribution in [2.45, 2.75) is 18.2 Å². The van der Waals surface area contributed by atoms with Crippen LogP contribution in [0.4, 0.5) is 0 Å². The molecule has 0 fully saturated rings. The van der Waals surface area contributed by atoms with Gasteiger partial charge in [0.05, 0.1) is 22.3 Å². The van der Waals surface area contributed by atoms with E-state index in [1.54, 1.807) is 19.2 Å². The summed E-state index contributed by atoms with van der Waals surface area (Å²) in [7, 11) is -1.21. The summed E-state index contributed by atoms with van der Waals surface area (Å²) in [6.45, 7) is 2.07. The highest BCUT2D eigenvalue weighted by molar-refractivity contribution is 7.84. The van der Waals surface area contributed by atoms with Gasteiger partial charge < -0.3 is 9.15 Å². The molecular weight excluding hydrogens is 252 g/mol. The van der Waals surface area contributed by atoms with Crippen molar-refractivity contribution in [1.82, 2.24) is 0 Å². The molecule has 2 aromatic rings. The molecule has 4 nitrogen and oxygen atoms in total. The van der Waals surface area contributed by atoms with Crippen LogP contribution in [0, 0.1) is 0 Å². The van der Waals surface area contributed by atoms with Gasteiger partial charge in [-0.2, -0.15) is 0 Å². The Bertz CT molecular complexity index is 600. The summed E-state index contributed by atoms with van der Waals surface area (Å²) >= 11 is 0. The van der Waals surface area contributed by atoms with Crippen molar-refractivity contribution in [3.05, 3.63) is 30.0 Å². The Morgan fingerprint density at radius 1 is 1.39 bits per heavy atom. The number of benzene rings is 1. The molecule has 18 heavy (non-hydrogen) atoms. The molecule has 0 saturated heterocycles. The largest absolute Gasteiger partial charge is 0.466 e. The van der Waals surface area contributed by atoms with Gasteiger partial charge in [0.15, 0.2) is 0 Å². The molecule has 1 aromatic heterocycles. The van der Waals surface area contributed by atoms with Gasteiger partial charge in [-0.25, -0.2) is 0 Å². The standard InChI is InChI=1S/C13H14O4S/c1-3-16-12(14)8-11-13(18(2)15)9-6-4-5-7-10(9)17-11/h4-7H,3,8H2,1-2H3. The van der Waals surface area contributed by atoms with Crippen LogP contribution in [-0.4, -0.2) is 23.0 Å². The van der Waals surface area contributed by atoms with E-state index in [9.17, 15) is 9.00 Å². The third-order valence-corrected chi connectivity index (χ3v) is 3.54. The Balaban J connectivity index is 2.46. The number of ether oxygens (including phenoxy) is 1. The van der Waals surface area contributed by atoms with Gasteiger partial charge in [0, 0.05) is 11.6 Å². The highest BCUT2D eigenvalue weighted by atomic mass is 32.2. The number of hydrogen-bond acceptors (Lipinski definition) is 4. The topological polar surface area (TPSA) is 56.5 Å². The zero-order valence-corrected chi connectivity index (χ0v) is 11.1. The van der Waals surface area contributed by atoms with Crippen LogP contribution in [-0.2, 0) is 26.8 Å². The highest BCUT2D eigenvalue weighted by Crippen LogP contribution is 2.28. The second kappa shape index (κ2) is 5.35. The first-order valence-electron chi connectivity index (χ1n) is 5.63. The molecule has 0 radical (unpaired) electrons. The molecule has 5 heteroatoms. The average molecular weight is 266 g/mol. The van der Waals surface area contributed by atoms with Gasteiger partial charge in [0.1, 0.15) is 17.8 Å². The lowest BCUT2D eigenvalue weighted by Gasteiger charge is -2.00. The fraction of sp³-hybridized carbons (Fsp3) is 0.308. The molecule has 0 aliphatic heterocycles. The van der Waals surface area contributed by atoms with Gasteiger partial charge in [-0.1, -0.05) is 12.1 Å². The molecule has 0 aliphatic carbocycles. The van der Waals surface area contributed by atoms with Gasteiger partial charge in [-0.05, 0) is 19.1 Å². The van der Waals surface area contributed by atoms with E-state index < -0.39 is 10.8 Å². The van der Waals surface area contributed by atoms with Crippen LogP contribution in [0.2, 0.25) is 0 Å². The first-order chi connectivity index (χ1) is 8.63. The smallest absolute Gasteiger partial charge is 0.313 e. The number of para-hydroxylation sites is 1. The summed E-state index contributed by atoms with van der Waals surface area (Å²) in [4.78, 5) is 12.1. The van der Waals surface area contributed by atoms with Crippen molar-refractivity contribution < 1.29 is 18.2 Å². The molecule has 0 spiro atoms. The van der Waals surface area contributed by atoms with Crippen molar-refractivity contribution in [2.75, 3.05) is 12.9 Å². The SMILES string of the molecule is CCOC(=O)Cc1oc2ccccc2c1S(C)=O. The minimum atomic E-state index is -1.21. The van der Waals surface area contributed by atoms with E-state index in [2.05, 4.69) is 0 Å². The number of fused-ring (bicyclic) bond motifs is 1. The number of furan rings is 1. The minimum Gasteiger partial charge on any atom is -0.466 e. The molecular formula is C13H14O4S. The molecule has 2 rings (SSSR count). The summed E-state index contributed by atoms with van der Waals surface area (Å²) < 4.78 is 22.2. The lowest BCUT2D eigenvalue weighted by atomic mass is 10.2. The Morgan fingerprint density at radius 3 is 2.78 bits per heavy atom.